The van der Waals surface area contributed by atoms with Crippen molar-refractivity contribution in [3.8, 4) is 11.4 Å². The summed E-state index contributed by atoms with van der Waals surface area (Å²) in [5.41, 5.74) is 1.53. The van der Waals surface area contributed by atoms with Crippen LogP contribution in [0.3, 0.4) is 0 Å². The summed E-state index contributed by atoms with van der Waals surface area (Å²) in [6, 6.07) is 3.56. The molecule has 2 aromatic rings. The molecule has 25 heavy (non-hydrogen) atoms. The van der Waals surface area contributed by atoms with Gasteiger partial charge in [0.1, 0.15) is 5.82 Å². The number of amides is 1. The van der Waals surface area contributed by atoms with Gasteiger partial charge in [-0.15, -0.1) is 0 Å². The Hall–Kier alpha value is -2.54. The number of methoxy groups -OCH3 is 1. The van der Waals surface area contributed by atoms with Gasteiger partial charge in [0.05, 0.1) is 12.5 Å². The van der Waals surface area contributed by atoms with Crippen LogP contribution in [0.25, 0.3) is 11.4 Å². The number of ether oxygens (including phenoxy) is 1. The summed E-state index contributed by atoms with van der Waals surface area (Å²) >= 11 is 0. The average Bonchev–Trinajstić information content (AvgIpc) is 2.65. The van der Waals surface area contributed by atoms with Crippen LogP contribution in [0.1, 0.15) is 24.1 Å². The first-order valence-corrected chi connectivity index (χ1v) is 8.39. The van der Waals surface area contributed by atoms with Gasteiger partial charge in [0.15, 0.2) is 0 Å². The van der Waals surface area contributed by atoms with Crippen LogP contribution in [0, 0.1) is 6.92 Å². The number of piperidine rings is 1. The molecule has 3 heterocycles. The summed E-state index contributed by atoms with van der Waals surface area (Å²) in [4.78, 5) is 37.9. The lowest BCUT2D eigenvalue weighted by atomic mass is 10.1. The summed E-state index contributed by atoms with van der Waals surface area (Å²) in [6.07, 6.45) is 5.24. The van der Waals surface area contributed by atoms with Gasteiger partial charge in [0.2, 0.25) is 5.91 Å². The summed E-state index contributed by atoms with van der Waals surface area (Å²) < 4.78 is 5.32. The maximum absolute atomic E-state index is 12.5. The molecule has 2 aromatic heterocycles. The number of likely N-dealkylation sites (tertiary alicyclic amines) is 1. The zero-order chi connectivity index (χ0) is 17.8. The topological polar surface area (TPSA) is 88.2 Å². The lowest BCUT2D eigenvalue weighted by Crippen LogP contribution is -2.42. The highest BCUT2D eigenvalue weighted by molar-refractivity contribution is 5.79. The van der Waals surface area contributed by atoms with Gasteiger partial charge in [-0.2, -0.15) is 0 Å². The molecule has 0 radical (unpaired) electrons. The van der Waals surface area contributed by atoms with E-state index in [0.29, 0.717) is 30.2 Å². The Bertz CT molecular complexity index is 796. The lowest BCUT2D eigenvalue weighted by Gasteiger charge is -2.31. The van der Waals surface area contributed by atoms with Crippen molar-refractivity contribution in [2.24, 2.45) is 0 Å². The van der Waals surface area contributed by atoms with Gasteiger partial charge in [-0.3, -0.25) is 14.6 Å². The van der Waals surface area contributed by atoms with E-state index in [1.165, 1.54) is 0 Å². The van der Waals surface area contributed by atoms with Crippen LogP contribution in [-0.4, -0.2) is 52.1 Å². The van der Waals surface area contributed by atoms with Crippen LogP contribution in [0.2, 0.25) is 0 Å². The molecule has 1 aliphatic heterocycles. The molecule has 0 bridgehead atoms. The molecule has 0 aliphatic carbocycles. The third-order valence-corrected chi connectivity index (χ3v) is 4.63. The third-order valence-electron chi connectivity index (χ3n) is 4.63. The summed E-state index contributed by atoms with van der Waals surface area (Å²) in [5, 5.41) is 0. The van der Waals surface area contributed by atoms with Crippen molar-refractivity contribution >= 4 is 5.91 Å². The van der Waals surface area contributed by atoms with E-state index in [1.54, 1.807) is 43.5 Å². The van der Waals surface area contributed by atoms with E-state index < -0.39 is 0 Å². The molecule has 0 spiro atoms. The normalized spacial score (nSPS) is 15.4. The molecule has 0 aromatic carbocycles. The first-order valence-electron chi connectivity index (χ1n) is 8.39. The fraction of sp³-hybridized carbons (Fsp3) is 0.444. The van der Waals surface area contributed by atoms with Gasteiger partial charge < -0.3 is 14.6 Å². The minimum Gasteiger partial charge on any atom is -0.381 e. The number of hydrogen-bond donors (Lipinski definition) is 1. The molecule has 0 atom stereocenters. The van der Waals surface area contributed by atoms with Crippen LogP contribution in [0.4, 0.5) is 0 Å². The Morgan fingerprint density at radius 3 is 2.60 bits per heavy atom. The zero-order valence-corrected chi connectivity index (χ0v) is 14.5. The number of aromatic amines is 1. The molecule has 1 N–H and O–H groups in total. The molecule has 132 valence electrons. The average molecular weight is 342 g/mol. The molecule has 3 rings (SSSR count). The highest BCUT2D eigenvalue weighted by atomic mass is 16.5. The van der Waals surface area contributed by atoms with Crippen LogP contribution in [0.5, 0.6) is 0 Å². The predicted molar refractivity (Wildman–Crippen MR) is 93.1 cm³/mol. The van der Waals surface area contributed by atoms with Crippen LogP contribution < -0.4 is 5.56 Å². The lowest BCUT2D eigenvalue weighted by molar-refractivity contribution is -0.132. The largest absolute Gasteiger partial charge is 0.381 e. The monoisotopic (exact) mass is 342 g/mol. The Morgan fingerprint density at radius 1 is 1.32 bits per heavy atom. The predicted octanol–water partition coefficient (Wildman–Crippen LogP) is 1.32. The van der Waals surface area contributed by atoms with Crippen molar-refractivity contribution in [2.75, 3.05) is 20.2 Å². The van der Waals surface area contributed by atoms with Gasteiger partial charge in [0.25, 0.3) is 5.56 Å². The Labute approximate surface area is 146 Å². The van der Waals surface area contributed by atoms with E-state index in [9.17, 15) is 9.59 Å². The fourth-order valence-corrected chi connectivity index (χ4v) is 3.07. The van der Waals surface area contributed by atoms with E-state index in [1.807, 2.05) is 0 Å². The number of hydrogen-bond acceptors (Lipinski definition) is 5. The number of aryl methyl sites for hydroxylation is 1. The van der Waals surface area contributed by atoms with E-state index in [2.05, 4.69) is 15.0 Å². The fourth-order valence-electron chi connectivity index (χ4n) is 3.07. The van der Waals surface area contributed by atoms with Gasteiger partial charge in [-0.25, -0.2) is 4.98 Å². The van der Waals surface area contributed by atoms with Crippen LogP contribution in [0.15, 0.2) is 29.3 Å². The minimum atomic E-state index is -0.264. The highest BCUT2D eigenvalue weighted by Crippen LogP contribution is 2.16. The number of nitrogens with zero attached hydrogens (tertiary/aromatic N) is 3. The molecule has 0 saturated carbocycles. The number of pyridine rings is 1. The Morgan fingerprint density at radius 2 is 2.00 bits per heavy atom. The molecule has 1 saturated heterocycles. The standard InChI is InChI=1S/C18H22N4O3/c1-12-15(11-16(23)22-9-5-14(25-2)6-10-22)18(24)21-17(20-12)13-3-7-19-8-4-13/h3-4,7-8,14H,5-6,9-11H2,1-2H3,(H,20,21,24). The minimum absolute atomic E-state index is 0.0402. The SMILES string of the molecule is COC1CCN(C(=O)Cc2c(C)nc(-c3ccncc3)[nH]c2=O)CC1. The van der Waals surface area contributed by atoms with E-state index in [4.69, 9.17) is 4.74 Å². The van der Waals surface area contributed by atoms with Crippen LogP contribution in [-0.2, 0) is 16.0 Å². The van der Waals surface area contributed by atoms with Gasteiger partial charge in [-0.05, 0) is 31.9 Å². The number of nitrogens with one attached hydrogen (secondary N) is 1. The first-order chi connectivity index (χ1) is 12.1. The first kappa shape index (κ1) is 17.3. The highest BCUT2D eigenvalue weighted by Gasteiger charge is 2.24. The molecular formula is C18H22N4O3. The maximum Gasteiger partial charge on any atom is 0.255 e. The van der Waals surface area contributed by atoms with Gasteiger partial charge in [-0.1, -0.05) is 0 Å². The summed E-state index contributed by atoms with van der Waals surface area (Å²) in [7, 11) is 1.70. The Balaban J connectivity index is 1.75. The molecule has 7 heteroatoms. The summed E-state index contributed by atoms with van der Waals surface area (Å²) in [6.45, 7) is 3.09. The number of H-pyrrole nitrogens is 1. The molecule has 1 aliphatic rings. The van der Waals surface area contributed by atoms with E-state index in [-0.39, 0.29) is 24.0 Å². The van der Waals surface area contributed by atoms with E-state index in [0.717, 1.165) is 18.4 Å². The second-order valence-corrected chi connectivity index (χ2v) is 6.21. The number of aromatic nitrogens is 3. The molecule has 0 unspecified atom stereocenters. The number of rotatable bonds is 4. The Kier molecular flexibility index (Phi) is 5.23. The molecule has 7 nitrogen and oxygen atoms in total. The van der Waals surface area contributed by atoms with Crippen LogP contribution >= 0.6 is 0 Å². The van der Waals surface area contributed by atoms with Crippen molar-refractivity contribution in [2.45, 2.75) is 32.3 Å². The third kappa shape index (κ3) is 3.93. The quantitative estimate of drug-likeness (QED) is 0.905. The molecule has 1 fully saturated rings. The van der Waals surface area contributed by atoms with Crippen molar-refractivity contribution in [1.29, 1.82) is 0 Å². The second kappa shape index (κ2) is 7.57. The molecule has 1 amide bonds. The zero-order valence-electron chi connectivity index (χ0n) is 14.5. The molecular weight excluding hydrogens is 320 g/mol. The summed E-state index contributed by atoms with van der Waals surface area (Å²) in [5.74, 6) is 0.448. The van der Waals surface area contributed by atoms with Crippen molar-refractivity contribution in [3.05, 3.63) is 46.1 Å². The van der Waals surface area contributed by atoms with Gasteiger partial charge in [0, 0.05) is 49.4 Å². The smallest absolute Gasteiger partial charge is 0.255 e. The van der Waals surface area contributed by atoms with Crippen molar-refractivity contribution in [3.63, 3.8) is 0 Å². The maximum atomic E-state index is 12.5. The van der Waals surface area contributed by atoms with Crippen molar-refractivity contribution < 1.29 is 9.53 Å². The van der Waals surface area contributed by atoms with E-state index >= 15 is 0 Å². The van der Waals surface area contributed by atoms with Gasteiger partial charge >= 0.3 is 0 Å². The number of carbonyl (C=O) groups excluding carboxylic acids is 1. The second-order valence-electron chi connectivity index (χ2n) is 6.21. The number of carbonyl (C=O) groups is 1. The van der Waals surface area contributed by atoms with Crippen molar-refractivity contribution in [1.82, 2.24) is 19.9 Å².